The molecule has 1 atom stereocenters. The van der Waals surface area contributed by atoms with Gasteiger partial charge in [-0.3, -0.25) is 0 Å². The smallest absolute Gasteiger partial charge is 0.331 e. The van der Waals surface area contributed by atoms with E-state index in [0.29, 0.717) is 5.92 Å². The van der Waals surface area contributed by atoms with Gasteiger partial charge in [0.2, 0.25) is 0 Å². The van der Waals surface area contributed by atoms with Crippen molar-refractivity contribution in [3.05, 3.63) is 12.2 Å². The lowest BCUT2D eigenvalue weighted by molar-refractivity contribution is -0.154. The lowest BCUT2D eigenvalue weighted by Crippen LogP contribution is -2.34. The van der Waals surface area contributed by atoms with E-state index in [1.54, 1.807) is 0 Å². The van der Waals surface area contributed by atoms with Crippen molar-refractivity contribution in [3.8, 4) is 0 Å². The molecular weight excluding hydrogens is 268 g/mol. The predicted octanol–water partition coefficient (Wildman–Crippen LogP) is 3.95. The average Bonchev–Trinajstić information content (AvgIpc) is 2.46. The molecule has 0 aromatic rings. The molecule has 4 heteroatoms. The number of carboxylic acid groups (broad SMARTS) is 1. The lowest BCUT2D eigenvalue weighted by atomic mass is 9.76. The first kappa shape index (κ1) is 17.7. The van der Waals surface area contributed by atoms with Crippen molar-refractivity contribution < 1.29 is 19.4 Å². The van der Waals surface area contributed by atoms with Gasteiger partial charge in [0, 0.05) is 12.2 Å². The Labute approximate surface area is 127 Å². The summed E-state index contributed by atoms with van der Waals surface area (Å²) in [6.45, 7) is 6.20. The van der Waals surface area contributed by atoms with E-state index in [4.69, 9.17) is 9.84 Å². The van der Waals surface area contributed by atoms with Gasteiger partial charge in [-0.2, -0.15) is 0 Å². The number of hydrogen-bond donors (Lipinski definition) is 1. The van der Waals surface area contributed by atoms with E-state index in [1.807, 2.05) is 13.8 Å². The number of aliphatic carboxylic acids is 1. The van der Waals surface area contributed by atoms with Gasteiger partial charge in [0.05, 0.1) is 0 Å². The summed E-state index contributed by atoms with van der Waals surface area (Å²) in [4.78, 5) is 22.1. The highest BCUT2D eigenvalue weighted by Gasteiger charge is 2.31. The van der Waals surface area contributed by atoms with Gasteiger partial charge in [-0.15, -0.1) is 0 Å². The average molecular weight is 296 g/mol. The first-order chi connectivity index (χ1) is 9.88. The Morgan fingerprint density at radius 1 is 1.14 bits per heavy atom. The van der Waals surface area contributed by atoms with Crippen molar-refractivity contribution in [3.63, 3.8) is 0 Å². The van der Waals surface area contributed by atoms with Crippen LogP contribution in [0.2, 0.25) is 0 Å². The molecule has 1 unspecified atom stereocenters. The van der Waals surface area contributed by atoms with Crippen LogP contribution in [0, 0.1) is 11.8 Å². The van der Waals surface area contributed by atoms with E-state index < -0.39 is 17.5 Å². The minimum absolute atomic E-state index is 0.496. The monoisotopic (exact) mass is 296 g/mol. The maximum Gasteiger partial charge on any atom is 0.331 e. The SMILES string of the molecule is CCC1CCC(CC(C)(CC)OC(=O)/C=C/C(=O)O)CC1. The number of carboxylic acids is 1. The second kappa shape index (κ2) is 8.20. The maximum absolute atomic E-state index is 11.7. The molecule has 0 spiro atoms. The molecule has 1 N–H and O–H groups in total. The largest absolute Gasteiger partial charge is 0.478 e. The van der Waals surface area contributed by atoms with E-state index in [1.165, 1.54) is 32.1 Å². The number of ether oxygens (including phenoxy) is 1. The van der Waals surface area contributed by atoms with Crippen molar-refractivity contribution in [2.75, 3.05) is 0 Å². The van der Waals surface area contributed by atoms with Crippen LogP contribution in [0.1, 0.15) is 65.7 Å². The van der Waals surface area contributed by atoms with Gasteiger partial charge in [0.25, 0.3) is 0 Å². The highest BCUT2D eigenvalue weighted by atomic mass is 16.6. The molecule has 0 heterocycles. The number of hydrogen-bond acceptors (Lipinski definition) is 3. The topological polar surface area (TPSA) is 63.6 Å². The fourth-order valence-electron chi connectivity index (χ4n) is 3.13. The molecule has 0 aliphatic heterocycles. The highest BCUT2D eigenvalue weighted by molar-refractivity contribution is 5.90. The molecule has 21 heavy (non-hydrogen) atoms. The summed E-state index contributed by atoms with van der Waals surface area (Å²) in [5, 5.41) is 8.53. The summed E-state index contributed by atoms with van der Waals surface area (Å²) in [6.07, 6.45) is 9.64. The molecule has 120 valence electrons. The molecule has 1 rings (SSSR count). The number of esters is 1. The molecule has 0 amide bonds. The molecule has 0 aromatic heterocycles. The molecule has 0 saturated heterocycles. The molecule has 1 aliphatic carbocycles. The second-order valence-electron chi connectivity index (χ2n) is 6.40. The van der Waals surface area contributed by atoms with Crippen molar-refractivity contribution >= 4 is 11.9 Å². The fourth-order valence-corrected chi connectivity index (χ4v) is 3.13. The van der Waals surface area contributed by atoms with Crippen molar-refractivity contribution in [2.45, 2.75) is 71.3 Å². The van der Waals surface area contributed by atoms with E-state index in [2.05, 4.69) is 6.92 Å². The minimum Gasteiger partial charge on any atom is -0.478 e. The molecule has 0 radical (unpaired) electrons. The summed E-state index contributed by atoms with van der Waals surface area (Å²) in [7, 11) is 0. The quantitative estimate of drug-likeness (QED) is 0.571. The second-order valence-corrected chi connectivity index (χ2v) is 6.40. The van der Waals surface area contributed by atoms with Crippen LogP contribution in [-0.4, -0.2) is 22.6 Å². The first-order valence-electron chi connectivity index (χ1n) is 8.02. The van der Waals surface area contributed by atoms with E-state index in [9.17, 15) is 9.59 Å². The van der Waals surface area contributed by atoms with Gasteiger partial charge in [-0.05, 0) is 31.6 Å². The van der Waals surface area contributed by atoms with Gasteiger partial charge in [0.15, 0.2) is 0 Å². The predicted molar refractivity (Wildman–Crippen MR) is 81.9 cm³/mol. The van der Waals surface area contributed by atoms with Crippen molar-refractivity contribution in [1.82, 2.24) is 0 Å². The number of carbonyl (C=O) groups is 2. The maximum atomic E-state index is 11.7. The molecule has 1 fully saturated rings. The zero-order valence-electron chi connectivity index (χ0n) is 13.4. The van der Waals surface area contributed by atoms with Crippen LogP contribution in [0.5, 0.6) is 0 Å². The fraction of sp³-hybridized carbons (Fsp3) is 0.765. The Morgan fingerprint density at radius 3 is 2.19 bits per heavy atom. The zero-order chi connectivity index (χ0) is 15.9. The van der Waals surface area contributed by atoms with E-state index in [-0.39, 0.29) is 0 Å². The van der Waals surface area contributed by atoms with Crippen LogP contribution >= 0.6 is 0 Å². The third kappa shape index (κ3) is 6.32. The van der Waals surface area contributed by atoms with Crippen LogP contribution in [0.15, 0.2) is 12.2 Å². The van der Waals surface area contributed by atoms with Gasteiger partial charge in [-0.25, -0.2) is 9.59 Å². The zero-order valence-corrected chi connectivity index (χ0v) is 13.4. The molecule has 0 bridgehead atoms. The van der Waals surface area contributed by atoms with Crippen LogP contribution < -0.4 is 0 Å². The number of rotatable bonds is 7. The van der Waals surface area contributed by atoms with Gasteiger partial charge < -0.3 is 9.84 Å². The Kier molecular flexibility index (Phi) is 6.93. The van der Waals surface area contributed by atoms with Crippen LogP contribution in [0.25, 0.3) is 0 Å². The van der Waals surface area contributed by atoms with Crippen LogP contribution in [0.3, 0.4) is 0 Å². The lowest BCUT2D eigenvalue weighted by Gasteiger charge is -2.35. The normalized spacial score (nSPS) is 25.5. The summed E-state index contributed by atoms with van der Waals surface area (Å²) < 4.78 is 5.50. The molecular formula is C17H28O4. The highest BCUT2D eigenvalue weighted by Crippen LogP contribution is 2.37. The summed E-state index contributed by atoms with van der Waals surface area (Å²) in [5.74, 6) is -0.240. The molecule has 4 nitrogen and oxygen atoms in total. The minimum atomic E-state index is -1.14. The summed E-state index contributed by atoms with van der Waals surface area (Å²) in [6, 6.07) is 0. The van der Waals surface area contributed by atoms with E-state index in [0.717, 1.165) is 30.9 Å². The molecule has 1 aliphatic rings. The van der Waals surface area contributed by atoms with Crippen molar-refractivity contribution in [2.24, 2.45) is 11.8 Å². The van der Waals surface area contributed by atoms with Crippen LogP contribution in [-0.2, 0) is 14.3 Å². The standard InChI is InChI=1S/C17H28O4/c1-4-13-6-8-14(9-7-13)12-17(3,5-2)21-16(20)11-10-15(18)19/h10-11,13-14H,4-9,12H2,1-3H3,(H,18,19)/b11-10+. The molecule has 1 saturated carbocycles. The Balaban J connectivity index is 2.52. The Hall–Kier alpha value is -1.32. The first-order valence-corrected chi connectivity index (χ1v) is 8.02. The number of carbonyl (C=O) groups excluding carboxylic acids is 1. The van der Waals surface area contributed by atoms with E-state index >= 15 is 0 Å². The third-order valence-electron chi connectivity index (χ3n) is 4.72. The molecule has 0 aromatic carbocycles. The summed E-state index contributed by atoms with van der Waals surface area (Å²) >= 11 is 0. The summed E-state index contributed by atoms with van der Waals surface area (Å²) in [5.41, 5.74) is -0.496. The third-order valence-corrected chi connectivity index (χ3v) is 4.72. The van der Waals surface area contributed by atoms with Crippen LogP contribution in [0.4, 0.5) is 0 Å². The van der Waals surface area contributed by atoms with Gasteiger partial charge >= 0.3 is 11.9 Å². The Bertz CT molecular complexity index is 380. The van der Waals surface area contributed by atoms with Crippen molar-refractivity contribution in [1.29, 1.82) is 0 Å². The Morgan fingerprint density at radius 2 is 1.71 bits per heavy atom. The van der Waals surface area contributed by atoms with Gasteiger partial charge in [0.1, 0.15) is 5.60 Å². The van der Waals surface area contributed by atoms with Gasteiger partial charge in [-0.1, -0.05) is 46.0 Å².